The number of hydrogen-bond donors (Lipinski definition) is 1. The number of carbonyl (C=O) groups excluding carboxylic acids is 2. The molecule has 2 fully saturated rings. The Morgan fingerprint density at radius 3 is 2.29 bits per heavy atom. The van der Waals surface area contributed by atoms with E-state index in [2.05, 4.69) is 4.90 Å². The highest BCUT2D eigenvalue weighted by Crippen LogP contribution is 2.24. The zero-order valence-corrected chi connectivity index (χ0v) is 15.6. The Kier molecular flexibility index (Phi) is 6.24. The van der Waals surface area contributed by atoms with E-state index in [1.54, 1.807) is 12.1 Å². The SMILES string of the molecule is NC(=O)c1ccc(CN2CCN(C3CCCN(CC(F)(F)F)C3=O)CC2)cc1. The van der Waals surface area contributed by atoms with Gasteiger partial charge in [-0.2, -0.15) is 13.2 Å². The van der Waals surface area contributed by atoms with Crippen molar-refractivity contribution in [1.82, 2.24) is 14.7 Å². The van der Waals surface area contributed by atoms with Crippen LogP contribution in [-0.4, -0.2) is 78.0 Å². The van der Waals surface area contributed by atoms with Crippen LogP contribution in [0.2, 0.25) is 0 Å². The summed E-state index contributed by atoms with van der Waals surface area (Å²) in [4.78, 5) is 28.8. The summed E-state index contributed by atoms with van der Waals surface area (Å²) in [5, 5.41) is 0. The molecule has 0 aromatic heterocycles. The first-order valence-electron chi connectivity index (χ1n) is 9.43. The second-order valence-electron chi connectivity index (χ2n) is 7.41. The smallest absolute Gasteiger partial charge is 0.366 e. The van der Waals surface area contributed by atoms with Gasteiger partial charge in [-0.15, -0.1) is 0 Å². The standard InChI is InChI=1S/C19H25F3N4O2/c20-19(21,22)13-26-7-1-2-16(18(26)28)25-10-8-24(9-11-25)12-14-3-5-15(6-4-14)17(23)27/h3-6,16H,1-2,7-13H2,(H2,23,27). The van der Waals surface area contributed by atoms with E-state index in [1.807, 2.05) is 17.0 Å². The minimum Gasteiger partial charge on any atom is -0.366 e. The van der Waals surface area contributed by atoms with E-state index >= 15 is 0 Å². The third-order valence-electron chi connectivity index (χ3n) is 5.36. The monoisotopic (exact) mass is 398 g/mol. The molecule has 1 aromatic rings. The Hall–Kier alpha value is -2.13. The second-order valence-corrected chi connectivity index (χ2v) is 7.41. The maximum absolute atomic E-state index is 12.7. The zero-order valence-electron chi connectivity index (χ0n) is 15.6. The number of hydrogen-bond acceptors (Lipinski definition) is 4. The van der Waals surface area contributed by atoms with Crippen molar-refractivity contribution >= 4 is 11.8 Å². The van der Waals surface area contributed by atoms with Gasteiger partial charge >= 0.3 is 6.18 Å². The van der Waals surface area contributed by atoms with E-state index < -0.39 is 30.6 Å². The van der Waals surface area contributed by atoms with Crippen LogP contribution in [0.25, 0.3) is 0 Å². The molecule has 2 aliphatic heterocycles. The fourth-order valence-electron chi connectivity index (χ4n) is 3.90. The number of benzene rings is 1. The minimum atomic E-state index is -4.36. The molecule has 0 bridgehead atoms. The molecule has 0 radical (unpaired) electrons. The number of piperidine rings is 1. The Morgan fingerprint density at radius 1 is 1.07 bits per heavy atom. The number of piperazine rings is 1. The van der Waals surface area contributed by atoms with Gasteiger partial charge in [0, 0.05) is 44.8 Å². The van der Waals surface area contributed by atoms with Gasteiger partial charge < -0.3 is 10.6 Å². The molecular formula is C19H25F3N4O2. The lowest BCUT2D eigenvalue weighted by Crippen LogP contribution is -2.58. The molecule has 3 rings (SSSR count). The summed E-state index contributed by atoms with van der Waals surface area (Å²) in [5.41, 5.74) is 6.77. The number of carbonyl (C=O) groups is 2. The van der Waals surface area contributed by atoms with E-state index in [0.29, 0.717) is 38.0 Å². The maximum atomic E-state index is 12.7. The van der Waals surface area contributed by atoms with Gasteiger partial charge in [0.2, 0.25) is 11.8 Å². The highest BCUT2D eigenvalue weighted by Gasteiger charge is 2.39. The van der Waals surface area contributed by atoms with Crippen molar-refractivity contribution in [3.63, 3.8) is 0 Å². The van der Waals surface area contributed by atoms with Crippen LogP contribution in [0, 0.1) is 0 Å². The normalized spacial score (nSPS) is 22.5. The molecule has 154 valence electrons. The van der Waals surface area contributed by atoms with Gasteiger partial charge in [-0.1, -0.05) is 12.1 Å². The van der Waals surface area contributed by atoms with Crippen molar-refractivity contribution in [3.05, 3.63) is 35.4 Å². The number of nitrogens with two attached hydrogens (primary N) is 1. The number of alkyl halides is 3. The quantitative estimate of drug-likeness (QED) is 0.815. The Bertz CT molecular complexity index is 700. The fourth-order valence-corrected chi connectivity index (χ4v) is 3.90. The molecule has 0 saturated carbocycles. The van der Waals surface area contributed by atoms with Gasteiger partial charge in [0.25, 0.3) is 0 Å². The van der Waals surface area contributed by atoms with Crippen molar-refractivity contribution in [3.8, 4) is 0 Å². The van der Waals surface area contributed by atoms with Gasteiger partial charge in [0.1, 0.15) is 6.54 Å². The molecule has 2 amide bonds. The van der Waals surface area contributed by atoms with Crippen molar-refractivity contribution in [2.45, 2.75) is 31.6 Å². The summed E-state index contributed by atoms with van der Waals surface area (Å²) in [6.07, 6.45) is -3.15. The highest BCUT2D eigenvalue weighted by atomic mass is 19.4. The molecule has 0 aliphatic carbocycles. The van der Waals surface area contributed by atoms with E-state index in [-0.39, 0.29) is 6.54 Å². The molecule has 6 nitrogen and oxygen atoms in total. The van der Waals surface area contributed by atoms with E-state index in [9.17, 15) is 22.8 Å². The fraction of sp³-hybridized carbons (Fsp3) is 0.579. The summed E-state index contributed by atoms with van der Waals surface area (Å²) in [6, 6.07) is 6.68. The molecule has 2 N–H and O–H groups in total. The number of halogens is 3. The first-order chi connectivity index (χ1) is 13.2. The predicted octanol–water partition coefficient (Wildman–Crippen LogP) is 1.46. The molecule has 2 aliphatic rings. The summed E-state index contributed by atoms with van der Waals surface area (Å²) in [7, 11) is 0. The van der Waals surface area contributed by atoms with E-state index in [1.165, 1.54) is 0 Å². The van der Waals surface area contributed by atoms with Crippen LogP contribution in [0.3, 0.4) is 0 Å². The van der Waals surface area contributed by atoms with Crippen molar-refractivity contribution < 1.29 is 22.8 Å². The summed E-state index contributed by atoms with van der Waals surface area (Å²) in [6.45, 7) is 2.50. The summed E-state index contributed by atoms with van der Waals surface area (Å²) < 4.78 is 38.0. The van der Waals surface area contributed by atoms with Crippen LogP contribution in [-0.2, 0) is 11.3 Å². The van der Waals surface area contributed by atoms with Crippen LogP contribution in [0.1, 0.15) is 28.8 Å². The van der Waals surface area contributed by atoms with Crippen LogP contribution in [0.15, 0.2) is 24.3 Å². The van der Waals surface area contributed by atoms with Crippen LogP contribution < -0.4 is 5.73 Å². The van der Waals surface area contributed by atoms with Crippen LogP contribution in [0.5, 0.6) is 0 Å². The molecule has 0 spiro atoms. The van der Waals surface area contributed by atoms with E-state index in [0.717, 1.165) is 23.6 Å². The molecule has 9 heteroatoms. The first-order valence-corrected chi connectivity index (χ1v) is 9.43. The second kappa shape index (κ2) is 8.48. The molecule has 1 unspecified atom stereocenters. The topological polar surface area (TPSA) is 69.9 Å². The predicted molar refractivity (Wildman–Crippen MR) is 97.5 cm³/mol. The largest absolute Gasteiger partial charge is 0.406 e. The van der Waals surface area contributed by atoms with Gasteiger partial charge in [0.15, 0.2) is 0 Å². The number of nitrogens with zero attached hydrogens (tertiary/aromatic N) is 3. The molecular weight excluding hydrogens is 373 g/mol. The third-order valence-corrected chi connectivity index (χ3v) is 5.36. The van der Waals surface area contributed by atoms with Gasteiger partial charge in [-0.25, -0.2) is 0 Å². The maximum Gasteiger partial charge on any atom is 0.406 e. The highest BCUT2D eigenvalue weighted by molar-refractivity contribution is 5.92. The molecule has 28 heavy (non-hydrogen) atoms. The molecule has 1 aromatic carbocycles. The average Bonchev–Trinajstić information content (AvgIpc) is 2.64. The van der Waals surface area contributed by atoms with Crippen LogP contribution >= 0.6 is 0 Å². The summed E-state index contributed by atoms with van der Waals surface area (Å²) >= 11 is 0. The lowest BCUT2D eigenvalue weighted by molar-refractivity contribution is -0.168. The zero-order chi connectivity index (χ0) is 20.3. The molecule has 2 saturated heterocycles. The van der Waals surface area contributed by atoms with Gasteiger partial charge in [0.05, 0.1) is 6.04 Å². The number of likely N-dealkylation sites (tertiary alicyclic amines) is 1. The first kappa shape index (κ1) is 20.6. The Balaban J connectivity index is 1.51. The average molecular weight is 398 g/mol. The molecule has 1 atom stereocenters. The van der Waals surface area contributed by atoms with Gasteiger partial charge in [-0.3, -0.25) is 19.4 Å². The summed E-state index contributed by atoms with van der Waals surface area (Å²) in [5.74, 6) is -0.865. The number of amides is 2. The van der Waals surface area contributed by atoms with E-state index in [4.69, 9.17) is 5.73 Å². The Morgan fingerprint density at radius 2 is 1.71 bits per heavy atom. The van der Waals surface area contributed by atoms with Crippen molar-refractivity contribution in [2.75, 3.05) is 39.3 Å². The lowest BCUT2D eigenvalue weighted by atomic mass is 10.0. The Labute approximate surface area is 162 Å². The lowest BCUT2D eigenvalue weighted by Gasteiger charge is -2.42. The molecule has 2 heterocycles. The number of primary amides is 1. The van der Waals surface area contributed by atoms with Crippen molar-refractivity contribution in [1.29, 1.82) is 0 Å². The number of rotatable bonds is 5. The third kappa shape index (κ3) is 5.23. The van der Waals surface area contributed by atoms with Gasteiger partial charge in [-0.05, 0) is 30.5 Å². The minimum absolute atomic E-state index is 0.177. The van der Waals surface area contributed by atoms with Crippen LogP contribution in [0.4, 0.5) is 13.2 Å². The van der Waals surface area contributed by atoms with Crippen molar-refractivity contribution in [2.24, 2.45) is 5.73 Å².